The summed E-state index contributed by atoms with van der Waals surface area (Å²) in [5, 5.41) is 5.71. The molecular formula is C20H23BrN2O2S. The first-order valence-corrected chi connectivity index (χ1v) is 10.2. The monoisotopic (exact) mass is 434 g/mol. The van der Waals surface area contributed by atoms with Crippen LogP contribution in [0.25, 0.3) is 0 Å². The second-order valence-electron chi connectivity index (χ2n) is 6.07. The Morgan fingerprint density at radius 1 is 1.15 bits per heavy atom. The lowest BCUT2D eigenvalue weighted by atomic mass is 10.2. The lowest BCUT2D eigenvalue weighted by Gasteiger charge is -2.12. The fourth-order valence-electron chi connectivity index (χ4n) is 2.27. The van der Waals surface area contributed by atoms with E-state index < -0.39 is 0 Å². The van der Waals surface area contributed by atoms with Gasteiger partial charge in [0.15, 0.2) is 0 Å². The molecule has 2 amide bonds. The summed E-state index contributed by atoms with van der Waals surface area (Å²) in [7, 11) is 0. The maximum atomic E-state index is 12.1. The molecule has 26 heavy (non-hydrogen) atoms. The van der Waals surface area contributed by atoms with Crippen molar-refractivity contribution in [2.75, 3.05) is 17.6 Å². The number of nitrogens with one attached hydrogen (secondary N) is 2. The van der Waals surface area contributed by atoms with E-state index in [9.17, 15) is 9.59 Å². The maximum Gasteiger partial charge on any atom is 0.226 e. The SMILES string of the molecule is Cc1cc(Br)ccc1NC(=O)CCNC(=O)C(C)CSc1ccccc1. The van der Waals surface area contributed by atoms with E-state index in [1.54, 1.807) is 11.8 Å². The summed E-state index contributed by atoms with van der Waals surface area (Å²) >= 11 is 5.06. The lowest BCUT2D eigenvalue weighted by molar-refractivity contribution is -0.123. The highest BCUT2D eigenvalue weighted by Gasteiger charge is 2.13. The number of benzene rings is 2. The molecule has 0 bridgehead atoms. The molecule has 6 heteroatoms. The topological polar surface area (TPSA) is 58.2 Å². The van der Waals surface area contributed by atoms with Crippen molar-refractivity contribution >= 4 is 45.2 Å². The Kier molecular flexibility index (Phi) is 8.19. The normalized spacial score (nSPS) is 11.7. The molecule has 0 saturated carbocycles. The van der Waals surface area contributed by atoms with Gasteiger partial charge < -0.3 is 10.6 Å². The molecule has 0 spiro atoms. The molecule has 0 fully saturated rings. The molecule has 138 valence electrons. The first-order chi connectivity index (χ1) is 12.5. The Morgan fingerprint density at radius 3 is 2.58 bits per heavy atom. The Bertz CT molecular complexity index is 753. The minimum Gasteiger partial charge on any atom is -0.355 e. The summed E-state index contributed by atoms with van der Waals surface area (Å²) < 4.78 is 0.975. The van der Waals surface area contributed by atoms with Gasteiger partial charge in [-0.05, 0) is 42.8 Å². The minimum absolute atomic E-state index is 0.0268. The van der Waals surface area contributed by atoms with E-state index in [2.05, 4.69) is 26.6 Å². The Balaban J connectivity index is 1.69. The number of thioether (sulfide) groups is 1. The molecule has 0 heterocycles. The first-order valence-electron chi connectivity index (χ1n) is 8.47. The molecule has 2 aromatic carbocycles. The van der Waals surface area contributed by atoms with Crippen LogP contribution in [0.15, 0.2) is 57.9 Å². The Hall–Kier alpha value is -1.79. The summed E-state index contributed by atoms with van der Waals surface area (Å²) in [5.74, 6) is 0.459. The van der Waals surface area contributed by atoms with Gasteiger partial charge in [0.25, 0.3) is 0 Å². The average Bonchev–Trinajstić information content (AvgIpc) is 2.62. The van der Waals surface area contributed by atoms with Crippen LogP contribution in [0.4, 0.5) is 5.69 Å². The van der Waals surface area contributed by atoms with Gasteiger partial charge in [-0.3, -0.25) is 9.59 Å². The first kappa shape index (κ1) is 20.5. The fourth-order valence-corrected chi connectivity index (χ4v) is 3.69. The smallest absolute Gasteiger partial charge is 0.226 e. The number of halogens is 1. The van der Waals surface area contributed by atoms with E-state index >= 15 is 0 Å². The van der Waals surface area contributed by atoms with Gasteiger partial charge in [-0.15, -0.1) is 11.8 Å². The van der Waals surface area contributed by atoms with Gasteiger partial charge in [0.2, 0.25) is 11.8 Å². The number of carbonyl (C=O) groups excluding carboxylic acids is 2. The third-order valence-corrected chi connectivity index (χ3v) is 5.57. The van der Waals surface area contributed by atoms with Crippen LogP contribution in [-0.2, 0) is 9.59 Å². The molecule has 4 nitrogen and oxygen atoms in total. The van der Waals surface area contributed by atoms with Crippen LogP contribution in [-0.4, -0.2) is 24.1 Å². The van der Waals surface area contributed by atoms with Crippen molar-refractivity contribution in [2.24, 2.45) is 5.92 Å². The number of anilines is 1. The number of carbonyl (C=O) groups is 2. The second kappa shape index (κ2) is 10.4. The van der Waals surface area contributed by atoms with Crippen LogP contribution in [0.2, 0.25) is 0 Å². The van der Waals surface area contributed by atoms with Crippen molar-refractivity contribution < 1.29 is 9.59 Å². The molecule has 0 aromatic heterocycles. The lowest BCUT2D eigenvalue weighted by Crippen LogP contribution is -2.32. The zero-order valence-electron chi connectivity index (χ0n) is 14.9. The molecule has 0 aliphatic carbocycles. The van der Waals surface area contributed by atoms with Gasteiger partial charge in [-0.2, -0.15) is 0 Å². The third-order valence-electron chi connectivity index (χ3n) is 3.80. The van der Waals surface area contributed by atoms with Gasteiger partial charge in [0, 0.05) is 39.7 Å². The minimum atomic E-state index is -0.114. The van der Waals surface area contributed by atoms with Gasteiger partial charge in [-0.1, -0.05) is 41.1 Å². The molecule has 1 atom stereocenters. The molecule has 0 aliphatic rings. The van der Waals surface area contributed by atoms with Crippen molar-refractivity contribution in [3.05, 3.63) is 58.6 Å². The van der Waals surface area contributed by atoms with E-state index in [1.807, 2.05) is 62.4 Å². The molecule has 1 unspecified atom stereocenters. The molecule has 0 radical (unpaired) electrons. The summed E-state index contributed by atoms with van der Waals surface area (Å²) in [6.07, 6.45) is 0.250. The highest BCUT2D eigenvalue weighted by atomic mass is 79.9. The van der Waals surface area contributed by atoms with Crippen LogP contribution in [0.1, 0.15) is 18.9 Å². The van der Waals surface area contributed by atoms with Crippen molar-refractivity contribution in [1.82, 2.24) is 5.32 Å². The molecule has 2 N–H and O–H groups in total. The molecule has 0 saturated heterocycles. The van der Waals surface area contributed by atoms with Crippen molar-refractivity contribution in [1.29, 1.82) is 0 Å². The molecule has 0 aliphatic heterocycles. The summed E-state index contributed by atoms with van der Waals surface area (Å²) in [4.78, 5) is 25.3. The van der Waals surface area contributed by atoms with Crippen molar-refractivity contribution in [2.45, 2.75) is 25.2 Å². The van der Waals surface area contributed by atoms with Crippen LogP contribution < -0.4 is 10.6 Å². The number of rotatable bonds is 8. The molecule has 2 aromatic rings. The quantitative estimate of drug-likeness (QED) is 0.595. The van der Waals surface area contributed by atoms with Crippen LogP contribution in [0.3, 0.4) is 0 Å². The Morgan fingerprint density at radius 2 is 1.88 bits per heavy atom. The highest BCUT2D eigenvalue weighted by Crippen LogP contribution is 2.21. The largest absolute Gasteiger partial charge is 0.355 e. The number of aryl methyl sites for hydroxylation is 1. The van der Waals surface area contributed by atoms with Gasteiger partial charge >= 0.3 is 0 Å². The van der Waals surface area contributed by atoms with Crippen molar-refractivity contribution in [3.63, 3.8) is 0 Å². The number of amides is 2. The van der Waals surface area contributed by atoms with E-state index in [4.69, 9.17) is 0 Å². The van der Waals surface area contributed by atoms with Crippen LogP contribution >= 0.6 is 27.7 Å². The van der Waals surface area contributed by atoms with Gasteiger partial charge in [0.05, 0.1) is 0 Å². The summed E-state index contributed by atoms with van der Waals surface area (Å²) in [6, 6.07) is 15.7. The fraction of sp³-hybridized carbons (Fsp3) is 0.300. The van der Waals surface area contributed by atoms with Gasteiger partial charge in [-0.25, -0.2) is 0 Å². The van der Waals surface area contributed by atoms with Crippen LogP contribution in [0, 0.1) is 12.8 Å². The average molecular weight is 435 g/mol. The standard InChI is InChI=1S/C20H23BrN2O2S/c1-14-12-16(21)8-9-18(14)23-19(24)10-11-22-20(25)15(2)13-26-17-6-4-3-5-7-17/h3-9,12,15H,10-11,13H2,1-2H3,(H,22,25)(H,23,24). The summed E-state index contributed by atoms with van der Waals surface area (Å²) in [6.45, 7) is 4.17. The van der Waals surface area contributed by atoms with Crippen molar-refractivity contribution in [3.8, 4) is 0 Å². The van der Waals surface area contributed by atoms with E-state index in [1.165, 1.54) is 0 Å². The molecule has 2 rings (SSSR count). The highest BCUT2D eigenvalue weighted by molar-refractivity contribution is 9.10. The van der Waals surface area contributed by atoms with E-state index in [0.29, 0.717) is 12.3 Å². The second-order valence-corrected chi connectivity index (χ2v) is 8.08. The summed E-state index contributed by atoms with van der Waals surface area (Å²) in [5.41, 5.74) is 1.78. The number of hydrogen-bond donors (Lipinski definition) is 2. The third kappa shape index (κ3) is 6.84. The predicted molar refractivity (Wildman–Crippen MR) is 111 cm³/mol. The van der Waals surface area contributed by atoms with E-state index in [-0.39, 0.29) is 24.2 Å². The zero-order valence-corrected chi connectivity index (χ0v) is 17.3. The van der Waals surface area contributed by atoms with Crippen LogP contribution in [0.5, 0.6) is 0 Å². The predicted octanol–water partition coefficient (Wildman–Crippen LogP) is 4.63. The number of hydrogen-bond acceptors (Lipinski definition) is 3. The Labute approximate surface area is 167 Å². The van der Waals surface area contributed by atoms with Gasteiger partial charge in [0.1, 0.15) is 0 Å². The zero-order chi connectivity index (χ0) is 18.9. The maximum absolute atomic E-state index is 12.1. The van der Waals surface area contributed by atoms with E-state index in [0.717, 1.165) is 20.6 Å². The molecular weight excluding hydrogens is 412 g/mol.